The van der Waals surface area contributed by atoms with Crippen LogP contribution in [0.1, 0.15) is 31.0 Å². The van der Waals surface area contributed by atoms with Gasteiger partial charge in [-0.25, -0.2) is 9.89 Å². The quantitative estimate of drug-likeness (QED) is 0.385. The molecular formula is C24H25N9O. The minimum Gasteiger partial charge on any atom is -0.292 e. The van der Waals surface area contributed by atoms with Gasteiger partial charge >= 0.3 is 5.69 Å². The topological polar surface area (TPSA) is 112 Å². The molecule has 4 aromatic heterocycles. The van der Waals surface area contributed by atoms with E-state index in [-0.39, 0.29) is 5.69 Å². The number of H-pyrrole nitrogens is 1. The molecule has 0 atom stereocenters. The molecule has 0 spiro atoms. The lowest BCUT2D eigenvalue weighted by Gasteiger charge is -2.09. The Kier molecular flexibility index (Phi) is 5.86. The van der Waals surface area contributed by atoms with E-state index in [1.54, 1.807) is 15.4 Å². The molecule has 0 aliphatic carbocycles. The lowest BCUT2D eigenvalue weighted by atomic mass is 10.0. The number of imidazole rings is 1. The van der Waals surface area contributed by atoms with Crippen molar-refractivity contribution in [2.45, 2.75) is 32.7 Å². The first-order valence-corrected chi connectivity index (χ1v) is 11.2. The second-order valence-electron chi connectivity index (χ2n) is 8.12. The van der Waals surface area contributed by atoms with Gasteiger partial charge in [-0.1, -0.05) is 43.7 Å². The number of rotatable bonds is 8. The van der Waals surface area contributed by atoms with E-state index in [0.717, 1.165) is 53.2 Å². The molecule has 0 bridgehead atoms. The number of pyridine rings is 1. The van der Waals surface area contributed by atoms with E-state index in [2.05, 4.69) is 37.6 Å². The van der Waals surface area contributed by atoms with Crippen LogP contribution < -0.4 is 5.69 Å². The molecule has 1 aromatic carbocycles. The zero-order valence-corrected chi connectivity index (χ0v) is 19.1. The molecule has 0 radical (unpaired) electrons. The highest BCUT2D eigenvalue weighted by Crippen LogP contribution is 2.28. The minimum atomic E-state index is -0.0815. The number of hydrogen-bond acceptors (Lipinski definition) is 6. The lowest BCUT2D eigenvalue weighted by Crippen LogP contribution is -2.25. The molecule has 1 N–H and O–H groups in total. The molecule has 0 unspecified atom stereocenters. The zero-order valence-electron chi connectivity index (χ0n) is 19.1. The van der Waals surface area contributed by atoms with Crippen molar-refractivity contribution in [3.8, 4) is 28.5 Å². The van der Waals surface area contributed by atoms with Crippen molar-refractivity contribution >= 4 is 0 Å². The molecule has 34 heavy (non-hydrogen) atoms. The first-order chi connectivity index (χ1) is 16.7. The summed E-state index contributed by atoms with van der Waals surface area (Å²) in [4.78, 5) is 18.0. The number of hydrogen-bond donors (Lipinski definition) is 1. The van der Waals surface area contributed by atoms with E-state index >= 15 is 0 Å². The Hall–Kier alpha value is -4.34. The largest absolute Gasteiger partial charge is 0.334 e. The average molecular weight is 456 g/mol. The van der Waals surface area contributed by atoms with Gasteiger partial charge in [0.25, 0.3) is 0 Å². The Bertz CT molecular complexity index is 1440. The number of aryl methyl sites for hydroxylation is 2. The summed E-state index contributed by atoms with van der Waals surface area (Å²) in [5.41, 5.74) is 4.48. The van der Waals surface area contributed by atoms with Gasteiger partial charge in [0.05, 0.1) is 18.4 Å². The van der Waals surface area contributed by atoms with Crippen molar-refractivity contribution in [2.75, 3.05) is 0 Å². The van der Waals surface area contributed by atoms with Gasteiger partial charge in [0, 0.05) is 42.3 Å². The molecule has 0 aliphatic heterocycles. The highest BCUT2D eigenvalue weighted by Gasteiger charge is 2.16. The van der Waals surface area contributed by atoms with Crippen LogP contribution in [0.15, 0.2) is 65.8 Å². The third-order valence-electron chi connectivity index (χ3n) is 5.86. The predicted octanol–water partition coefficient (Wildman–Crippen LogP) is 3.01. The highest BCUT2D eigenvalue weighted by atomic mass is 16.1. The van der Waals surface area contributed by atoms with Crippen LogP contribution in [-0.2, 0) is 20.0 Å². The maximum Gasteiger partial charge on any atom is 0.334 e. The van der Waals surface area contributed by atoms with Crippen molar-refractivity contribution < 1.29 is 0 Å². The second kappa shape index (κ2) is 9.26. The predicted molar refractivity (Wildman–Crippen MR) is 127 cm³/mol. The van der Waals surface area contributed by atoms with Gasteiger partial charge < -0.3 is 0 Å². The van der Waals surface area contributed by atoms with Crippen molar-refractivity contribution in [1.82, 2.24) is 44.5 Å². The molecular weight excluding hydrogens is 430 g/mol. The molecule has 5 aromatic rings. The number of nitrogens with one attached hydrogen (secondary N) is 1. The molecule has 0 aliphatic rings. The molecule has 0 amide bonds. The molecule has 4 heterocycles. The van der Waals surface area contributed by atoms with Gasteiger partial charge in [-0.2, -0.15) is 5.10 Å². The fraction of sp³-hybridized carbons (Fsp3) is 0.250. The molecule has 10 nitrogen and oxygen atoms in total. The van der Waals surface area contributed by atoms with Crippen LogP contribution in [0.5, 0.6) is 0 Å². The maximum atomic E-state index is 13.3. The monoisotopic (exact) mass is 455 g/mol. The van der Waals surface area contributed by atoms with Gasteiger partial charge in [-0.3, -0.25) is 18.8 Å². The minimum absolute atomic E-state index is 0.0815. The van der Waals surface area contributed by atoms with Crippen LogP contribution in [0.2, 0.25) is 0 Å². The second-order valence-corrected chi connectivity index (χ2v) is 8.12. The molecule has 0 saturated heterocycles. The number of tetrazole rings is 1. The Morgan fingerprint density at radius 3 is 2.59 bits per heavy atom. The van der Waals surface area contributed by atoms with E-state index in [1.807, 2.05) is 66.5 Å². The fourth-order valence-corrected chi connectivity index (χ4v) is 4.07. The first kappa shape index (κ1) is 21.5. The zero-order chi connectivity index (χ0) is 23.5. The van der Waals surface area contributed by atoms with E-state index in [1.165, 1.54) is 0 Å². The number of unbranched alkanes of at least 4 members (excludes halogenated alkanes) is 1. The summed E-state index contributed by atoms with van der Waals surface area (Å²) < 4.78 is 5.20. The van der Waals surface area contributed by atoms with E-state index in [0.29, 0.717) is 12.4 Å². The molecule has 10 heteroatoms. The van der Waals surface area contributed by atoms with E-state index in [9.17, 15) is 4.79 Å². The van der Waals surface area contributed by atoms with Gasteiger partial charge in [0.15, 0.2) is 5.82 Å². The van der Waals surface area contributed by atoms with E-state index < -0.39 is 0 Å². The van der Waals surface area contributed by atoms with Crippen LogP contribution in [0.4, 0.5) is 0 Å². The third kappa shape index (κ3) is 4.05. The Labute approximate surface area is 195 Å². The lowest BCUT2D eigenvalue weighted by molar-refractivity contribution is 0.663. The summed E-state index contributed by atoms with van der Waals surface area (Å²) in [5, 5.41) is 18.4. The Balaban J connectivity index is 1.47. The van der Waals surface area contributed by atoms with Crippen LogP contribution in [0.25, 0.3) is 28.5 Å². The van der Waals surface area contributed by atoms with Crippen molar-refractivity contribution in [1.29, 1.82) is 0 Å². The van der Waals surface area contributed by atoms with Crippen molar-refractivity contribution in [3.05, 3.63) is 82.8 Å². The maximum absolute atomic E-state index is 13.3. The number of aromatic amines is 1. The van der Waals surface area contributed by atoms with Crippen molar-refractivity contribution in [3.63, 3.8) is 0 Å². The number of aromatic nitrogens is 9. The Morgan fingerprint density at radius 2 is 1.91 bits per heavy atom. The summed E-state index contributed by atoms with van der Waals surface area (Å²) in [6.07, 6.45) is 8.35. The van der Waals surface area contributed by atoms with E-state index in [4.69, 9.17) is 0 Å². The normalized spacial score (nSPS) is 11.2. The number of benzene rings is 1. The highest BCUT2D eigenvalue weighted by molar-refractivity contribution is 5.78. The number of nitrogens with zero attached hydrogens (tertiary/aromatic N) is 8. The SMILES string of the molecule is CCCCc1cn(-c2ccnn2C)c(=O)n1Cc1ccc(-c2ccccc2-c2nnn[nH]2)nc1. The summed E-state index contributed by atoms with van der Waals surface area (Å²) in [5.74, 6) is 1.33. The van der Waals surface area contributed by atoms with Crippen LogP contribution >= 0.6 is 0 Å². The first-order valence-electron chi connectivity index (χ1n) is 11.2. The molecule has 5 rings (SSSR count). The Morgan fingerprint density at radius 1 is 1.06 bits per heavy atom. The van der Waals surface area contributed by atoms with Gasteiger partial charge in [0.2, 0.25) is 0 Å². The fourth-order valence-electron chi connectivity index (χ4n) is 4.07. The summed E-state index contributed by atoms with van der Waals surface area (Å²) in [6.45, 7) is 2.60. The van der Waals surface area contributed by atoms with Crippen LogP contribution in [0, 0.1) is 0 Å². The summed E-state index contributed by atoms with van der Waals surface area (Å²) in [6, 6.07) is 13.6. The third-order valence-corrected chi connectivity index (χ3v) is 5.86. The van der Waals surface area contributed by atoms with Gasteiger partial charge in [0.1, 0.15) is 5.82 Å². The van der Waals surface area contributed by atoms with Crippen LogP contribution in [0.3, 0.4) is 0 Å². The standard InChI is InChI=1S/C24H25N9O/c1-3-4-7-18-16-33(22-12-13-26-31(22)2)24(34)32(18)15-17-10-11-21(25-14-17)19-8-5-6-9-20(19)23-27-29-30-28-23/h5-6,8-14,16H,3-4,7,15H2,1-2H3,(H,27,28,29,30). The average Bonchev–Trinajstić information content (AvgIpc) is 3.61. The molecule has 0 saturated carbocycles. The molecule has 172 valence electrons. The van der Waals surface area contributed by atoms with Crippen molar-refractivity contribution in [2.24, 2.45) is 7.05 Å². The smallest absolute Gasteiger partial charge is 0.292 e. The summed E-state index contributed by atoms with van der Waals surface area (Å²) >= 11 is 0. The van der Waals surface area contributed by atoms with Crippen LogP contribution in [-0.4, -0.2) is 44.5 Å². The summed E-state index contributed by atoms with van der Waals surface area (Å²) in [7, 11) is 1.83. The van der Waals surface area contributed by atoms with Gasteiger partial charge in [-0.05, 0) is 34.9 Å². The molecule has 0 fully saturated rings. The van der Waals surface area contributed by atoms with Gasteiger partial charge in [-0.15, -0.1) is 5.10 Å².